The van der Waals surface area contributed by atoms with Gasteiger partial charge in [0.15, 0.2) is 0 Å². The molecule has 1 atom stereocenters. The molecule has 2 saturated heterocycles. The van der Waals surface area contributed by atoms with Crippen molar-refractivity contribution in [3.05, 3.63) is 0 Å². The molecule has 4 nitrogen and oxygen atoms in total. The zero-order valence-corrected chi connectivity index (χ0v) is 16.6. The maximum atomic E-state index is 13.2. The average molecular weight is 367 g/mol. The number of nitrogens with zero attached hydrogens (tertiary/aromatic N) is 2. The Bertz CT molecular complexity index is 478. The smallest absolute Gasteiger partial charge is 0.230 e. The van der Waals surface area contributed by atoms with Crippen LogP contribution in [0.5, 0.6) is 0 Å². The molecular formula is C20H34N2O2S. The molecule has 25 heavy (non-hydrogen) atoms. The normalized spacial score (nSPS) is 28.1. The van der Waals surface area contributed by atoms with Crippen LogP contribution < -0.4 is 0 Å². The zero-order chi connectivity index (χ0) is 17.7. The summed E-state index contributed by atoms with van der Waals surface area (Å²) in [6.07, 6.45) is 13.6. The summed E-state index contributed by atoms with van der Waals surface area (Å²) in [5.41, 5.74) is -0.264. The van der Waals surface area contributed by atoms with Gasteiger partial charge in [-0.15, -0.1) is 0 Å². The first-order valence-corrected chi connectivity index (χ1v) is 11.6. The number of carbonyl (C=O) groups excluding carboxylic acids is 2. The van der Waals surface area contributed by atoms with Gasteiger partial charge in [0.25, 0.3) is 0 Å². The van der Waals surface area contributed by atoms with Crippen molar-refractivity contribution >= 4 is 23.6 Å². The van der Waals surface area contributed by atoms with E-state index in [0.717, 1.165) is 50.6 Å². The summed E-state index contributed by atoms with van der Waals surface area (Å²) in [5.74, 6) is 2.28. The lowest BCUT2D eigenvalue weighted by Gasteiger charge is -2.40. The second-order valence-electron chi connectivity index (χ2n) is 8.28. The van der Waals surface area contributed by atoms with Gasteiger partial charge in [-0.3, -0.25) is 9.59 Å². The summed E-state index contributed by atoms with van der Waals surface area (Å²) in [5, 5.41) is 0. The molecule has 1 aliphatic carbocycles. The van der Waals surface area contributed by atoms with Crippen molar-refractivity contribution in [2.75, 3.05) is 38.2 Å². The standard InChI is InChI=1S/C20H34N2O2S/c1-25-15-9-18(23)22-14-11-20(16-22)10-5-12-21(19(20)24)13-8-17-6-3-2-4-7-17/h17H,2-16H2,1H3/t20-/m0/s1. The zero-order valence-electron chi connectivity index (χ0n) is 15.8. The van der Waals surface area contributed by atoms with Crippen LogP contribution >= 0.6 is 11.8 Å². The molecule has 3 fully saturated rings. The lowest BCUT2D eigenvalue weighted by Crippen LogP contribution is -2.50. The maximum absolute atomic E-state index is 13.2. The van der Waals surface area contributed by atoms with Crippen LogP contribution in [0.2, 0.25) is 0 Å². The van der Waals surface area contributed by atoms with E-state index in [0.29, 0.717) is 18.9 Å². The van der Waals surface area contributed by atoms with Crippen LogP contribution in [0.1, 0.15) is 64.2 Å². The van der Waals surface area contributed by atoms with E-state index < -0.39 is 0 Å². The Hall–Kier alpha value is -0.710. The van der Waals surface area contributed by atoms with E-state index in [1.807, 2.05) is 11.2 Å². The molecule has 2 heterocycles. The summed E-state index contributed by atoms with van der Waals surface area (Å²) in [7, 11) is 0. The van der Waals surface area contributed by atoms with Gasteiger partial charge in [-0.25, -0.2) is 0 Å². The number of rotatable bonds is 6. The van der Waals surface area contributed by atoms with Crippen LogP contribution in [0.4, 0.5) is 0 Å². The van der Waals surface area contributed by atoms with Crippen molar-refractivity contribution in [1.82, 2.24) is 9.80 Å². The molecule has 2 aliphatic heterocycles. The highest BCUT2D eigenvalue weighted by Gasteiger charge is 2.49. The summed E-state index contributed by atoms with van der Waals surface area (Å²) in [4.78, 5) is 29.6. The molecule has 0 aromatic heterocycles. The average Bonchev–Trinajstić information content (AvgIpc) is 3.07. The highest BCUT2D eigenvalue weighted by molar-refractivity contribution is 7.98. The summed E-state index contributed by atoms with van der Waals surface area (Å²) in [6.45, 7) is 3.30. The summed E-state index contributed by atoms with van der Waals surface area (Å²) < 4.78 is 0. The predicted octanol–water partition coefficient (Wildman–Crippen LogP) is 3.55. The van der Waals surface area contributed by atoms with Gasteiger partial charge in [0.05, 0.1) is 5.41 Å². The van der Waals surface area contributed by atoms with Gasteiger partial charge in [-0.2, -0.15) is 11.8 Å². The predicted molar refractivity (Wildman–Crippen MR) is 104 cm³/mol. The van der Waals surface area contributed by atoms with Crippen molar-refractivity contribution in [3.63, 3.8) is 0 Å². The first kappa shape index (κ1) is 19.1. The van der Waals surface area contributed by atoms with Crippen molar-refractivity contribution in [1.29, 1.82) is 0 Å². The Labute approximate surface area is 157 Å². The van der Waals surface area contributed by atoms with E-state index in [2.05, 4.69) is 4.90 Å². The van der Waals surface area contributed by atoms with E-state index in [1.165, 1.54) is 38.5 Å². The van der Waals surface area contributed by atoms with Gasteiger partial charge < -0.3 is 9.80 Å². The molecule has 142 valence electrons. The van der Waals surface area contributed by atoms with Crippen LogP contribution in [0.25, 0.3) is 0 Å². The van der Waals surface area contributed by atoms with Gasteiger partial charge in [-0.1, -0.05) is 32.1 Å². The van der Waals surface area contributed by atoms with Gasteiger partial charge in [-0.05, 0) is 37.9 Å². The molecule has 3 aliphatic rings. The number of piperidine rings is 1. The van der Waals surface area contributed by atoms with E-state index in [9.17, 15) is 9.59 Å². The molecular weight excluding hydrogens is 332 g/mol. The second-order valence-corrected chi connectivity index (χ2v) is 9.26. The van der Waals surface area contributed by atoms with Crippen LogP contribution in [-0.2, 0) is 9.59 Å². The Morgan fingerprint density at radius 1 is 1.16 bits per heavy atom. The molecule has 2 amide bonds. The van der Waals surface area contributed by atoms with Gasteiger partial charge in [0, 0.05) is 38.4 Å². The number of amides is 2. The topological polar surface area (TPSA) is 40.6 Å². The van der Waals surface area contributed by atoms with Crippen LogP contribution in [-0.4, -0.2) is 59.8 Å². The minimum absolute atomic E-state index is 0.235. The Morgan fingerprint density at radius 3 is 2.72 bits per heavy atom. The SMILES string of the molecule is CSCCC(=O)N1CC[C@@]2(CCCN(CCC3CCCCC3)C2=O)C1. The molecule has 5 heteroatoms. The van der Waals surface area contributed by atoms with E-state index in [1.54, 1.807) is 11.8 Å². The molecule has 0 bridgehead atoms. The van der Waals surface area contributed by atoms with Crippen molar-refractivity contribution < 1.29 is 9.59 Å². The Morgan fingerprint density at radius 2 is 1.96 bits per heavy atom. The molecule has 0 radical (unpaired) electrons. The summed E-state index contributed by atoms with van der Waals surface area (Å²) >= 11 is 1.71. The lowest BCUT2D eigenvalue weighted by atomic mass is 9.78. The van der Waals surface area contributed by atoms with Crippen molar-refractivity contribution in [2.24, 2.45) is 11.3 Å². The van der Waals surface area contributed by atoms with Gasteiger partial charge in [0.2, 0.25) is 11.8 Å². The Balaban J connectivity index is 1.53. The minimum Gasteiger partial charge on any atom is -0.342 e. The lowest BCUT2D eigenvalue weighted by molar-refractivity contribution is -0.146. The van der Waals surface area contributed by atoms with E-state index in [4.69, 9.17) is 0 Å². The fraction of sp³-hybridized carbons (Fsp3) is 0.900. The van der Waals surface area contributed by atoms with E-state index in [-0.39, 0.29) is 11.3 Å². The third-order valence-electron chi connectivity index (χ3n) is 6.58. The van der Waals surface area contributed by atoms with Crippen LogP contribution in [0.15, 0.2) is 0 Å². The fourth-order valence-electron chi connectivity index (χ4n) is 4.99. The highest BCUT2D eigenvalue weighted by Crippen LogP contribution is 2.40. The highest BCUT2D eigenvalue weighted by atomic mass is 32.2. The van der Waals surface area contributed by atoms with Crippen LogP contribution in [0.3, 0.4) is 0 Å². The molecule has 0 unspecified atom stereocenters. The van der Waals surface area contributed by atoms with Gasteiger partial charge >= 0.3 is 0 Å². The van der Waals surface area contributed by atoms with Crippen LogP contribution in [0, 0.1) is 11.3 Å². The van der Waals surface area contributed by atoms with Crippen molar-refractivity contribution in [2.45, 2.75) is 64.2 Å². The fourth-order valence-corrected chi connectivity index (χ4v) is 5.37. The number of likely N-dealkylation sites (tertiary alicyclic amines) is 2. The first-order chi connectivity index (χ1) is 12.1. The Kier molecular flexibility index (Phi) is 6.70. The maximum Gasteiger partial charge on any atom is 0.230 e. The van der Waals surface area contributed by atoms with E-state index >= 15 is 0 Å². The number of carbonyl (C=O) groups is 2. The van der Waals surface area contributed by atoms with Gasteiger partial charge in [0.1, 0.15) is 0 Å². The molecule has 0 aromatic rings. The number of hydrogen-bond acceptors (Lipinski definition) is 3. The second kappa shape index (κ2) is 8.79. The third kappa shape index (κ3) is 4.53. The monoisotopic (exact) mass is 366 g/mol. The summed E-state index contributed by atoms with van der Waals surface area (Å²) in [6, 6.07) is 0. The quantitative estimate of drug-likeness (QED) is 0.722. The minimum atomic E-state index is -0.264. The molecule has 1 spiro atoms. The third-order valence-corrected chi connectivity index (χ3v) is 7.20. The number of thioether (sulfide) groups is 1. The number of hydrogen-bond donors (Lipinski definition) is 0. The molecule has 3 rings (SSSR count). The molecule has 1 saturated carbocycles. The largest absolute Gasteiger partial charge is 0.342 e. The van der Waals surface area contributed by atoms with Crippen molar-refractivity contribution in [3.8, 4) is 0 Å². The molecule has 0 aromatic carbocycles. The first-order valence-electron chi connectivity index (χ1n) is 10.2. The molecule has 0 N–H and O–H groups in total.